The second kappa shape index (κ2) is 40.8. The van der Waals surface area contributed by atoms with Gasteiger partial charge in [0, 0.05) is 84.8 Å². The van der Waals surface area contributed by atoms with Crippen LogP contribution in [0.4, 0.5) is 103 Å². The first-order chi connectivity index (χ1) is 67.2. The van der Waals surface area contributed by atoms with Crippen LogP contribution in [0.1, 0.15) is 61.1 Å². The van der Waals surface area contributed by atoms with Gasteiger partial charge in [-0.2, -0.15) is 35.4 Å². The Hall–Kier alpha value is -19.0. The molecular formula is C85H72Cl2FN37O14S. The molecule has 0 atom stereocenters. The summed E-state index contributed by atoms with van der Waals surface area (Å²) in [4.78, 5) is 182. The van der Waals surface area contributed by atoms with E-state index < -0.39 is 31.2 Å². The van der Waals surface area contributed by atoms with E-state index in [1.807, 2.05) is 38.1 Å². The van der Waals surface area contributed by atoms with Crippen molar-refractivity contribution in [3.05, 3.63) is 303 Å². The maximum Gasteiger partial charge on any atom is 0.347 e. The van der Waals surface area contributed by atoms with Crippen LogP contribution in [0.5, 0.6) is 0 Å². The van der Waals surface area contributed by atoms with Gasteiger partial charge in [0.2, 0.25) is 34.1 Å². The predicted octanol–water partition coefficient (Wildman–Crippen LogP) is 11.2. The summed E-state index contributed by atoms with van der Waals surface area (Å²) >= 11 is 11.2. The topological polar surface area (TPSA) is 733 Å². The fraction of sp³-hybridized carbons (Fsp3) is 0.141. The smallest absolute Gasteiger partial charge is 0.347 e. The van der Waals surface area contributed by atoms with Crippen molar-refractivity contribution in [2.45, 2.75) is 57.3 Å². The summed E-state index contributed by atoms with van der Waals surface area (Å²) < 4.78 is 44.2. The number of aromatic nitrogens is 25. The van der Waals surface area contributed by atoms with Crippen molar-refractivity contribution < 1.29 is 27.4 Å². The second-order valence-electron chi connectivity index (χ2n) is 30.8. The van der Waals surface area contributed by atoms with E-state index in [0.717, 1.165) is 72.3 Å². The Kier molecular flexibility index (Phi) is 27.5. The van der Waals surface area contributed by atoms with E-state index in [1.54, 1.807) is 146 Å². The van der Waals surface area contributed by atoms with Gasteiger partial charge < -0.3 is 102 Å². The first kappa shape index (κ1) is 94.2. The standard InChI is InChI=1S/C19H15N7O5S.C19H25N7O2.C13H10N6O.C12H8N6O2.C11H7ClFN5O.C11H7ClN6O3/c27-19-23-14-4-3-13(6-15(14)24-19)21-17-16(26(28)29)7-20-18(25-17)22-12-2-1-10-8-32(30,31)9-11(10)5-12;1-12(2)26-15-11-21-17(10-14(15)22-19(26)27)23-16-4-7-20-18(24-16)25-8-5-13(28-3)6-9-25;1-7-15-9(6-14)5-12(16-7)17-8-2-3-10-11(4-8)19-13(20)18-10;13-5-7-4-10(18-11(19)15-7)14-6-1-2-8-9(3-6)17-12(20)16-8;12-10-14-4-6(13)9(18-10)15-5-1-2-7-8(3-5)17-11(19)16-7;12-10-13-4-8(18(20)21)9(17-10)14-5-1-2-6-7(3-5)16-11(19)15-6/h1-7H,8-9H2,(H2,23,24,27)(H2,20,21,22,25);4,7,10-13H,5-6,8-9H2,1-3H3,(H,22,27)(H,20,21,23,24);2-5H,1H3,(H,15,16,17)(H2,18,19,20);1-4H,(H2,16,17,20)(H2,14,15,18,19);1-4H,(H,14,15,18)(H2,16,17,19);1-4H,(H,13,14,17)(H2,15,16,19). The Morgan fingerprint density at radius 3 is 1.44 bits per heavy atom. The van der Waals surface area contributed by atoms with E-state index in [-0.39, 0.29) is 109 Å². The molecule has 51 nitrogen and oxygen atoms in total. The largest absolute Gasteiger partial charge is 0.381 e. The highest BCUT2D eigenvalue weighted by Gasteiger charge is 2.27. The number of hydrogen-bond acceptors (Lipinski definition) is 36. The van der Waals surface area contributed by atoms with Crippen molar-refractivity contribution in [2.75, 3.05) is 62.3 Å². The summed E-state index contributed by atoms with van der Waals surface area (Å²) in [5.41, 5.74) is 10.3. The average molecular weight is 1960 g/mol. The molecule has 0 spiro atoms. The number of fused-ring (bicyclic) bond motifs is 7. The fourth-order valence-corrected chi connectivity index (χ4v) is 16.3. The lowest BCUT2D eigenvalue weighted by Crippen LogP contribution is -2.37. The minimum atomic E-state index is -3.13. The molecule has 21 rings (SSSR count). The molecule has 6 aromatic carbocycles. The molecular weight excluding hydrogens is 1890 g/mol. The van der Waals surface area contributed by atoms with Crippen molar-refractivity contribution >= 4 is 197 Å². The number of H-pyrrole nitrogens is 12. The summed E-state index contributed by atoms with van der Waals surface area (Å²) in [6, 6.07) is 41.0. The Bertz CT molecular complexity index is 8680. The number of nitro groups is 2. The molecule has 0 saturated carbocycles. The van der Waals surface area contributed by atoms with Gasteiger partial charge >= 0.3 is 51.2 Å². The number of aromatic amines is 12. The number of aryl methyl sites for hydroxylation is 1. The molecule has 13 aromatic heterocycles. The molecule has 0 bridgehead atoms. The number of hydrogen-bond donors (Lipinski definition) is 19. The minimum absolute atomic E-state index is 0.0153. The zero-order valence-corrected chi connectivity index (χ0v) is 75.1. The highest BCUT2D eigenvalue weighted by atomic mass is 35.5. The van der Waals surface area contributed by atoms with Crippen LogP contribution in [0.25, 0.3) is 66.2 Å². The Labute approximate surface area is 789 Å². The lowest BCUT2D eigenvalue weighted by molar-refractivity contribution is -0.384. The molecule has 2 aliphatic heterocycles. The van der Waals surface area contributed by atoms with Gasteiger partial charge in [-0.05, 0) is 177 Å². The van der Waals surface area contributed by atoms with Crippen molar-refractivity contribution in [3.63, 3.8) is 0 Å². The van der Waals surface area contributed by atoms with Gasteiger partial charge in [-0.3, -0.25) is 29.8 Å². The molecule has 1 saturated heterocycles. The van der Waals surface area contributed by atoms with Crippen LogP contribution in [0.2, 0.25) is 10.6 Å². The summed E-state index contributed by atoms with van der Waals surface area (Å²) in [6.07, 6.45) is 8.77. The number of nitrogens with one attached hydrogen (secondary N) is 19. The number of methoxy groups -OCH3 is 1. The molecule has 55 heteroatoms. The third-order valence-corrected chi connectivity index (χ3v) is 22.5. The average Bonchev–Trinajstić information content (AvgIpc) is 1.65. The first-order valence-corrected chi connectivity index (χ1v) is 44.0. The number of rotatable bonds is 19. The number of sulfone groups is 1. The van der Waals surface area contributed by atoms with E-state index in [9.17, 15) is 66.6 Å². The fourth-order valence-electron chi connectivity index (χ4n) is 14.4. The summed E-state index contributed by atoms with van der Waals surface area (Å²) in [6.45, 7) is 7.41. The molecule has 19 aromatic rings. The molecule has 0 aliphatic carbocycles. The molecule has 15 heterocycles. The van der Waals surface area contributed by atoms with Crippen LogP contribution in [0.3, 0.4) is 0 Å². The number of pyridine rings is 1. The number of anilines is 15. The van der Waals surface area contributed by atoms with Crippen LogP contribution in [0.15, 0.2) is 198 Å². The highest BCUT2D eigenvalue weighted by Crippen LogP contribution is 2.34. The van der Waals surface area contributed by atoms with Crippen molar-refractivity contribution in [3.8, 4) is 12.1 Å². The maximum absolute atomic E-state index is 13.5. The van der Waals surface area contributed by atoms with Crippen LogP contribution in [-0.2, 0) is 26.1 Å². The third kappa shape index (κ3) is 23.2. The molecule has 140 heavy (non-hydrogen) atoms. The summed E-state index contributed by atoms with van der Waals surface area (Å²) in [7, 11) is -1.38. The Morgan fingerprint density at radius 1 is 0.464 bits per heavy atom. The number of nitrogens with zero attached hydrogens (tertiary/aromatic N) is 18. The van der Waals surface area contributed by atoms with Gasteiger partial charge in [0.25, 0.3) is 0 Å². The molecule has 0 radical (unpaired) electrons. The number of nitriles is 2. The van der Waals surface area contributed by atoms with Gasteiger partial charge in [0.1, 0.15) is 65.0 Å². The number of imidazole rings is 6. The molecule has 2 aliphatic rings. The van der Waals surface area contributed by atoms with Crippen LogP contribution in [0, 0.1) is 55.6 Å². The van der Waals surface area contributed by atoms with Crippen molar-refractivity contribution in [1.29, 1.82) is 10.5 Å². The summed E-state index contributed by atoms with van der Waals surface area (Å²) in [5.74, 6) is 2.63. The zero-order valence-electron chi connectivity index (χ0n) is 72.8. The maximum atomic E-state index is 13.5. The quantitative estimate of drug-likeness (QED) is 0.0203. The van der Waals surface area contributed by atoms with E-state index >= 15 is 0 Å². The monoisotopic (exact) mass is 1960 g/mol. The second-order valence-corrected chi connectivity index (χ2v) is 33.5. The van der Waals surface area contributed by atoms with E-state index in [0.29, 0.717) is 125 Å². The molecule has 708 valence electrons. The van der Waals surface area contributed by atoms with Crippen molar-refractivity contribution in [2.24, 2.45) is 0 Å². The lowest BCUT2D eigenvalue weighted by Gasteiger charge is -2.31. The third-order valence-electron chi connectivity index (χ3n) is 20.6. The highest BCUT2D eigenvalue weighted by molar-refractivity contribution is 7.90. The number of piperidine rings is 1. The van der Waals surface area contributed by atoms with Gasteiger partial charge in [0.15, 0.2) is 21.5 Å². The molecule has 19 N–H and O–H groups in total. The predicted molar refractivity (Wildman–Crippen MR) is 516 cm³/mol. The minimum Gasteiger partial charge on any atom is -0.381 e. The van der Waals surface area contributed by atoms with E-state index in [1.165, 1.54) is 6.07 Å². The lowest BCUT2D eigenvalue weighted by atomic mass is 10.1. The Balaban J connectivity index is 0.000000123. The number of ether oxygens (including phenoxy) is 1. The molecule has 1 fully saturated rings. The van der Waals surface area contributed by atoms with Gasteiger partial charge in [-0.1, -0.05) is 6.07 Å². The number of benzene rings is 6. The van der Waals surface area contributed by atoms with E-state index in [4.69, 9.17) is 38.5 Å². The van der Waals surface area contributed by atoms with Crippen LogP contribution < -0.4 is 81.9 Å². The SMILES string of the molecule is COC1CCN(c2nccc(Nc3cc4[nH]c(=O)n(C(C)C)c4cn3)n2)CC1.Cc1nc(C#N)cc(Nc2ccc3[nH]c(=O)[nH]c3c2)n1.N#Cc1cc(Nc2ccc3[nH]c(=O)[nH]c3c2)nc(=O)[nH]1.O=c1[nH]c2ccc(Nc3nc(Cl)ncc3F)cc2[nH]1.O=c1[nH]c2ccc(Nc3nc(Cl)ncc3[N+](=O)[O-])cc2[nH]1.O=c1[nH]c2ccc(Nc3nc(Nc4ccc5c(c4)CS(=O)(=O)C5)ncc3[N+](=O)[O-])cc2[nH]1. The van der Waals surface area contributed by atoms with Crippen LogP contribution >= 0.6 is 23.2 Å². The molecule has 0 unspecified atom stereocenters. The molecule has 0 amide bonds. The van der Waals surface area contributed by atoms with Gasteiger partial charge in [-0.15, -0.1) is 0 Å². The van der Waals surface area contributed by atoms with Gasteiger partial charge in [-0.25, -0.2) is 81.3 Å². The summed E-state index contributed by atoms with van der Waals surface area (Å²) in [5, 5.41) is 60.5. The zero-order chi connectivity index (χ0) is 98.7. The van der Waals surface area contributed by atoms with E-state index in [2.05, 4.69) is 162 Å². The Morgan fingerprint density at radius 2 is 0.929 bits per heavy atom. The normalized spacial score (nSPS) is 12.4. The van der Waals surface area contributed by atoms with Crippen molar-refractivity contribution in [1.82, 2.24) is 124 Å². The van der Waals surface area contributed by atoms with Gasteiger partial charge in [0.05, 0.1) is 106 Å². The first-order valence-electron chi connectivity index (χ1n) is 41.4. The number of halogens is 3. The van der Waals surface area contributed by atoms with Crippen LogP contribution in [-0.4, -0.2) is 169 Å².